The second kappa shape index (κ2) is 6.55. The van der Waals surface area contributed by atoms with E-state index in [0.717, 1.165) is 6.54 Å². The average molecular weight is 269 g/mol. The van der Waals surface area contributed by atoms with E-state index in [-0.39, 0.29) is 5.54 Å². The zero-order valence-electron chi connectivity index (χ0n) is 14.2. The van der Waals surface area contributed by atoms with Crippen LogP contribution in [0.5, 0.6) is 0 Å². The van der Waals surface area contributed by atoms with Crippen molar-refractivity contribution in [3.05, 3.63) is 0 Å². The summed E-state index contributed by atoms with van der Waals surface area (Å²) >= 11 is 0. The summed E-state index contributed by atoms with van der Waals surface area (Å²) in [5.74, 6) is 0. The molecule has 0 aliphatic carbocycles. The van der Waals surface area contributed by atoms with Crippen LogP contribution in [0.1, 0.15) is 48.0 Å². The molecule has 1 aliphatic rings. The van der Waals surface area contributed by atoms with E-state index in [2.05, 4.69) is 63.7 Å². The van der Waals surface area contributed by atoms with Crippen LogP contribution in [0.25, 0.3) is 0 Å². The zero-order chi connectivity index (χ0) is 14.7. The van der Waals surface area contributed by atoms with Crippen LogP contribution in [0.15, 0.2) is 0 Å². The van der Waals surface area contributed by atoms with Crippen LogP contribution in [0.4, 0.5) is 0 Å². The van der Waals surface area contributed by atoms with Gasteiger partial charge in [0.2, 0.25) is 0 Å². The first kappa shape index (κ1) is 16.9. The van der Waals surface area contributed by atoms with Crippen molar-refractivity contribution in [2.75, 3.05) is 39.8 Å². The molecule has 0 spiro atoms. The van der Waals surface area contributed by atoms with Crippen LogP contribution in [0.2, 0.25) is 0 Å². The van der Waals surface area contributed by atoms with Crippen LogP contribution in [0, 0.1) is 5.41 Å². The number of nitrogens with one attached hydrogen (secondary N) is 1. The zero-order valence-corrected chi connectivity index (χ0v) is 14.2. The van der Waals surface area contributed by atoms with Crippen molar-refractivity contribution in [3.8, 4) is 0 Å². The molecule has 0 aromatic rings. The van der Waals surface area contributed by atoms with Crippen molar-refractivity contribution in [2.45, 2.75) is 59.5 Å². The molecular weight excluding hydrogens is 234 g/mol. The van der Waals surface area contributed by atoms with Gasteiger partial charge in [-0.25, -0.2) is 0 Å². The lowest BCUT2D eigenvalue weighted by atomic mass is 9.90. The molecule has 0 bridgehead atoms. The summed E-state index contributed by atoms with van der Waals surface area (Å²) in [4.78, 5) is 5.14. The first-order valence-corrected chi connectivity index (χ1v) is 7.77. The molecule has 0 amide bonds. The van der Waals surface area contributed by atoms with Crippen LogP contribution in [-0.2, 0) is 0 Å². The van der Waals surface area contributed by atoms with Crippen LogP contribution >= 0.6 is 0 Å². The highest BCUT2D eigenvalue weighted by atomic mass is 15.2. The van der Waals surface area contributed by atoms with E-state index in [0.29, 0.717) is 11.5 Å². The quantitative estimate of drug-likeness (QED) is 0.845. The van der Waals surface area contributed by atoms with Crippen LogP contribution in [-0.4, -0.2) is 61.2 Å². The van der Waals surface area contributed by atoms with E-state index in [1.807, 2.05) is 0 Å². The molecule has 1 rings (SSSR count). The predicted octanol–water partition coefficient (Wildman–Crippen LogP) is 2.43. The fourth-order valence-electron chi connectivity index (χ4n) is 2.77. The van der Waals surface area contributed by atoms with Crippen LogP contribution < -0.4 is 5.32 Å². The van der Waals surface area contributed by atoms with Gasteiger partial charge >= 0.3 is 0 Å². The third-order valence-electron chi connectivity index (χ3n) is 3.91. The Kier molecular flexibility index (Phi) is 5.84. The Hall–Kier alpha value is -0.120. The molecule has 0 aromatic carbocycles. The van der Waals surface area contributed by atoms with Gasteiger partial charge in [0.05, 0.1) is 0 Å². The molecular formula is C16H35N3. The molecule has 1 atom stereocenters. The Balaban J connectivity index is 2.51. The summed E-state index contributed by atoms with van der Waals surface area (Å²) in [6.45, 7) is 19.8. The highest BCUT2D eigenvalue weighted by molar-refractivity contribution is 4.84. The van der Waals surface area contributed by atoms with Gasteiger partial charge in [-0.15, -0.1) is 0 Å². The Labute approximate surface area is 120 Å². The third kappa shape index (κ3) is 6.73. The van der Waals surface area contributed by atoms with E-state index in [4.69, 9.17) is 0 Å². The maximum atomic E-state index is 3.65. The monoisotopic (exact) mass is 269 g/mol. The van der Waals surface area contributed by atoms with Gasteiger partial charge in [0, 0.05) is 31.2 Å². The van der Waals surface area contributed by atoms with E-state index < -0.39 is 0 Å². The van der Waals surface area contributed by atoms with Crippen molar-refractivity contribution >= 4 is 0 Å². The summed E-state index contributed by atoms with van der Waals surface area (Å²) in [7, 11) is 2.24. The van der Waals surface area contributed by atoms with E-state index in [9.17, 15) is 0 Å². The molecule has 1 saturated heterocycles. The number of hydrogen-bond donors (Lipinski definition) is 1. The summed E-state index contributed by atoms with van der Waals surface area (Å²) in [6, 6.07) is 0.668. The Morgan fingerprint density at radius 3 is 2.32 bits per heavy atom. The Bertz CT molecular complexity index is 268. The van der Waals surface area contributed by atoms with E-state index >= 15 is 0 Å². The molecule has 3 nitrogen and oxygen atoms in total. The van der Waals surface area contributed by atoms with Gasteiger partial charge in [0.25, 0.3) is 0 Å². The Morgan fingerprint density at radius 2 is 1.74 bits per heavy atom. The van der Waals surface area contributed by atoms with Crippen molar-refractivity contribution in [1.29, 1.82) is 0 Å². The molecule has 0 aromatic heterocycles. The van der Waals surface area contributed by atoms with Crippen LogP contribution in [0.3, 0.4) is 0 Å². The third-order valence-corrected chi connectivity index (χ3v) is 3.91. The van der Waals surface area contributed by atoms with Gasteiger partial charge in [-0.3, -0.25) is 4.90 Å². The minimum atomic E-state index is 0.210. The van der Waals surface area contributed by atoms with Gasteiger partial charge in [0.1, 0.15) is 0 Å². The number of likely N-dealkylation sites (N-methyl/N-ethyl adjacent to an activating group) is 1. The van der Waals surface area contributed by atoms with E-state index in [1.54, 1.807) is 0 Å². The molecule has 114 valence electrons. The lowest BCUT2D eigenvalue weighted by molar-refractivity contribution is 0.129. The molecule has 1 fully saturated rings. The van der Waals surface area contributed by atoms with E-state index in [1.165, 1.54) is 32.6 Å². The standard InChI is InChI=1S/C16H35N3/c1-14-11-18(7)9-8-10-19(14)13-16(5,6)12-17-15(2,3)4/h14,17H,8-13H2,1-7H3. The van der Waals surface area contributed by atoms with Crippen molar-refractivity contribution in [2.24, 2.45) is 5.41 Å². The minimum absolute atomic E-state index is 0.210. The largest absolute Gasteiger partial charge is 0.311 e. The molecule has 1 unspecified atom stereocenters. The van der Waals surface area contributed by atoms with Crippen molar-refractivity contribution in [1.82, 2.24) is 15.1 Å². The summed E-state index contributed by atoms with van der Waals surface area (Å²) in [5, 5.41) is 3.65. The molecule has 1 aliphatic heterocycles. The lowest BCUT2D eigenvalue weighted by Crippen LogP contribution is -2.49. The Morgan fingerprint density at radius 1 is 1.11 bits per heavy atom. The molecule has 0 radical (unpaired) electrons. The smallest absolute Gasteiger partial charge is 0.0195 e. The molecule has 19 heavy (non-hydrogen) atoms. The molecule has 0 saturated carbocycles. The topological polar surface area (TPSA) is 18.5 Å². The normalized spacial score (nSPS) is 24.5. The average Bonchev–Trinajstić information content (AvgIpc) is 2.37. The predicted molar refractivity (Wildman–Crippen MR) is 84.7 cm³/mol. The lowest BCUT2D eigenvalue weighted by Gasteiger charge is -2.37. The minimum Gasteiger partial charge on any atom is -0.311 e. The summed E-state index contributed by atoms with van der Waals surface area (Å²) in [6.07, 6.45) is 1.30. The van der Waals surface area contributed by atoms with Gasteiger partial charge < -0.3 is 10.2 Å². The highest BCUT2D eigenvalue weighted by Crippen LogP contribution is 2.20. The van der Waals surface area contributed by atoms with Gasteiger partial charge in [0.15, 0.2) is 0 Å². The van der Waals surface area contributed by atoms with Gasteiger partial charge in [-0.1, -0.05) is 13.8 Å². The number of rotatable bonds is 4. The molecule has 1 heterocycles. The maximum absolute atomic E-state index is 3.65. The van der Waals surface area contributed by atoms with Crippen molar-refractivity contribution in [3.63, 3.8) is 0 Å². The highest BCUT2D eigenvalue weighted by Gasteiger charge is 2.27. The van der Waals surface area contributed by atoms with Gasteiger partial charge in [-0.05, 0) is 59.7 Å². The first-order chi connectivity index (χ1) is 8.59. The summed E-state index contributed by atoms with van der Waals surface area (Å²) in [5.41, 5.74) is 0.534. The maximum Gasteiger partial charge on any atom is 0.0195 e. The van der Waals surface area contributed by atoms with Gasteiger partial charge in [-0.2, -0.15) is 0 Å². The summed E-state index contributed by atoms with van der Waals surface area (Å²) < 4.78 is 0. The SMILES string of the molecule is CC1CN(C)CCCN1CC(C)(C)CNC(C)(C)C. The first-order valence-electron chi connectivity index (χ1n) is 7.77. The number of hydrogen-bond acceptors (Lipinski definition) is 3. The van der Waals surface area contributed by atoms with Crippen molar-refractivity contribution < 1.29 is 0 Å². The molecule has 3 heteroatoms. The second-order valence-corrected chi connectivity index (χ2v) is 8.20. The fourth-order valence-corrected chi connectivity index (χ4v) is 2.77. The second-order valence-electron chi connectivity index (χ2n) is 8.20. The molecule has 1 N–H and O–H groups in total. The fraction of sp³-hybridized carbons (Fsp3) is 1.00. The number of nitrogens with zero attached hydrogens (tertiary/aromatic N) is 2.